The molecule has 1 aliphatic rings. The lowest BCUT2D eigenvalue weighted by molar-refractivity contribution is 0.0953. The third-order valence-electron chi connectivity index (χ3n) is 4.20. The highest BCUT2D eigenvalue weighted by Crippen LogP contribution is 2.33. The van der Waals surface area contributed by atoms with E-state index in [0.29, 0.717) is 22.4 Å². The van der Waals surface area contributed by atoms with Gasteiger partial charge in [-0.25, -0.2) is 5.43 Å². The Labute approximate surface area is 155 Å². The largest absolute Gasteiger partial charge is 0.506 e. The van der Waals surface area contributed by atoms with Crippen LogP contribution in [-0.4, -0.2) is 34.0 Å². The zero-order valence-electron chi connectivity index (χ0n) is 14.4. The van der Waals surface area contributed by atoms with Gasteiger partial charge in [-0.15, -0.1) is 0 Å². The number of Topliss-reactive ketones (excluding diaryl/α,β-unsaturated/α-hetero) is 1. The summed E-state index contributed by atoms with van der Waals surface area (Å²) in [4.78, 5) is 25.0. The molecule has 1 atom stereocenters. The SMILES string of the molecule is CSC(C)/C(=N\NC(=O)c1ccccc1)C1=C(O)c2ccccc2C1=O. The molecule has 26 heavy (non-hydrogen) atoms. The van der Waals surface area contributed by atoms with E-state index in [0.717, 1.165) is 0 Å². The van der Waals surface area contributed by atoms with Crippen LogP contribution in [0.3, 0.4) is 0 Å². The van der Waals surface area contributed by atoms with Gasteiger partial charge < -0.3 is 5.11 Å². The molecule has 2 aromatic rings. The quantitative estimate of drug-likeness (QED) is 0.625. The maximum atomic E-state index is 12.8. The molecule has 3 rings (SSSR count). The summed E-state index contributed by atoms with van der Waals surface area (Å²) < 4.78 is 0. The molecule has 0 spiro atoms. The van der Waals surface area contributed by atoms with Gasteiger partial charge in [0.15, 0.2) is 5.78 Å². The van der Waals surface area contributed by atoms with E-state index in [1.54, 1.807) is 48.5 Å². The molecule has 1 unspecified atom stereocenters. The molecular formula is C20H18N2O3S. The molecule has 1 amide bonds. The number of carbonyl (C=O) groups is 2. The van der Waals surface area contributed by atoms with E-state index in [-0.39, 0.29) is 28.3 Å². The number of ketones is 1. The van der Waals surface area contributed by atoms with Crippen molar-refractivity contribution in [3.63, 3.8) is 0 Å². The lowest BCUT2D eigenvalue weighted by Gasteiger charge is -2.13. The van der Waals surface area contributed by atoms with Crippen molar-refractivity contribution in [1.29, 1.82) is 0 Å². The number of hydrazone groups is 1. The van der Waals surface area contributed by atoms with Crippen molar-refractivity contribution >= 4 is 34.9 Å². The van der Waals surface area contributed by atoms with E-state index in [2.05, 4.69) is 10.5 Å². The number of nitrogens with zero attached hydrogens (tertiary/aromatic N) is 1. The summed E-state index contributed by atoms with van der Waals surface area (Å²) in [5, 5.41) is 14.6. The number of aliphatic hydroxyl groups is 1. The number of aliphatic hydroxyl groups excluding tert-OH is 1. The molecule has 0 heterocycles. The second-order valence-electron chi connectivity index (χ2n) is 5.78. The molecule has 2 aromatic carbocycles. The summed E-state index contributed by atoms with van der Waals surface area (Å²) in [6.07, 6.45) is 1.88. The highest BCUT2D eigenvalue weighted by molar-refractivity contribution is 7.99. The third kappa shape index (κ3) is 3.28. The van der Waals surface area contributed by atoms with Gasteiger partial charge in [0.05, 0.1) is 11.3 Å². The van der Waals surface area contributed by atoms with Crippen LogP contribution in [0.1, 0.15) is 33.2 Å². The van der Waals surface area contributed by atoms with Crippen LogP contribution in [0, 0.1) is 0 Å². The number of carbonyl (C=O) groups excluding carboxylic acids is 2. The van der Waals surface area contributed by atoms with Crippen molar-refractivity contribution in [2.24, 2.45) is 5.10 Å². The van der Waals surface area contributed by atoms with Gasteiger partial charge in [0.25, 0.3) is 5.91 Å². The number of rotatable bonds is 5. The van der Waals surface area contributed by atoms with Gasteiger partial charge in [-0.1, -0.05) is 42.5 Å². The molecule has 2 N–H and O–H groups in total. The number of hydrogen-bond donors (Lipinski definition) is 2. The predicted molar refractivity (Wildman–Crippen MR) is 105 cm³/mol. The van der Waals surface area contributed by atoms with Gasteiger partial charge in [-0.05, 0) is 25.3 Å². The number of allylic oxidation sites excluding steroid dienone is 1. The van der Waals surface area contributed by atoms with Crippen molar-refractivity contribution < 1.29 is 14.7 Å². The van der Waals surface area contributed by atoms with Crippen LogP contribution in [0.25, 0.3) is 5.76 Å². The van der Waals surface area contributed by atoms with E-state index < -0.39 is 0 Å². The number of amides is 1. The smallest absolute Gasteiger partial charge is 0.271 e. The van der Waals surface area contributed by atoms with E-state index in [4.69, 9.17) is 0 Å². The van der Waals surface area contributed by atoms with Crippen LogP contribution in [0.5, 0.6) is 0 Å². The Kier molecular flexibility index (Phi) is 5.23. The highest BCUT2D eigenvalue weighted by atomic mass is 32.2. The first-order chi connectivity index (χ1) is 12.5. The van der Waals surface area contributed by atoms with Crippen molar-refractivity contribution in [3.05, 3.63) is 76.9 Å². The van der Waals surface area contributed by atoms with Gasteiger partial charge in [-0.3, -0.25) is 9.59 Å². The van der Waals surface area contributed by atoms with Crippen LogP contribution < -0.4 is 5.43 Å². The lowest BCUT2D eigenvalue weighted by Crippen LogP contribution is -2.26. The number of hydrogen-bond acceptors (Lipinski definition) is 5. The highest BCUT2D eigenvalue weighted by Gasteiger charge is 2.34. The lowest BCUT2D eigenvalue weighted by atomic mass is 10.0. The summed E-state index contributed by atoms with van der Waals surface area (Å²) in [6, 6.07) is 15.6. The molecule has 0 aliphatic heterocycles. The minimum Gasteiger partial charge on any atom is -0.506 e. The fourth-order valence-electron chi connectivity index (χ4n) is 2.73. The molecule has 1 aliphatic carbocycles. The van der Waals surface area contributed by atoms with E-state index in [9.17, 15) is 14.7 Å². The van der Waals surface area contributed by atoms with E-state index >= 15 is 0 Å². The topological polar surface area (TPSA) is 78.8 Å². The summed E-state index contributed by atoms with van der Waals surface area (Å²) in [7, 11) is 0. The first kappa shape index (κ1) is 17.9. The molecular weight excluding hydrogens is 348 g/mol. The van der Waals surface area contributed by atoms with Crippen LogP contribution in [0.2, 0.25) is 0 Å². The zero-order valence-corrected chi connectivity index (χ0v) is 15.2. The molecule has 132 valence electrons. The van der Waals surface area contributed by atoms with Gasteiger partial charge in [0.2, 0.25) is 0 Å². The number of fused-ring (bicyclic) bond motifs is 1. The monoisotopic (exact) mass is 366 g/mol. The summed E-state index contributed by atoms with van der Waals surface area (Å²) in [6.45, 7) is 1.87. The maximum absolute atomic E-state index is 12.8. The Hall–Kier alpha value is -2.86. The molecule has 6 heteroatoms. The standard InChI is InChI=1S/C20H18N2O3S/c1-12(26-2)17(21-22-20(25)13-8-4-3-5-9-13)16-18(23)14-10-6-7-11-15(14)19(16)24/h3-12,23H,1-2H3,(H,22,25)/b21-17+. The number of benzene rings is 2. The van der Waals surface area contributed by atoms with Crippen molar-refractivity contribution in [2.75, 3.05) is 6.26 Å². The summed E-state index contributed by atoms with van der Waals surface area (Å²) in [5.41, 5.74) is 4.38. The molecule has 0 saturated heterocycles. The first-order valence-corrected chi connectivity index (χ1v) is 9.36. The van der Waals surface area contributed by atoms with Crippen LogP contribution >= 0.6 is 11.8 Å². The summed E-state index contributed by atoms with van der Waals surface area (Å²) >= 11 is 1.47. The number of nitrogens with one attached hydrogen (secondary N) is 1. The Morgan fingerprint density at radius 3 is 2.31 bits per heavy atom. The molecule has 0 saturated carbocycles. The zero-order chi connectivity index (χ0) is 18.7. The molecule has 0 aromatic heterocycles. The van der Waals surface area contributed by atoms with Crippen molar-refractivity contribution in [2.45, 2.75) is 12.2 Å². The van der Waals surface area contributed by atoms with Crippen LogP contribution in [-0.2, 0) is 0 Å². The molecule has 0 bridgehead atoms. The van der Waals surface area contributed by atoms with Gasteiger partial charge >= 0.3 is 0 Å². The van der Waals surface area contributed by atoms with E-state index in [1.165, 1.54) is 11.8 Å². The average molecular weight is 366 g/mol. The molecule has 0 radical (unpaired) electrons. The minimum absolute atomic E-state index is 0.0980. The first-order valence-electron chi connectivity index (χ1n) is 8.08. The maximum Gasteiger partial charge on any atom is 0.271 e. The molecule has 5 nitrogen and oxygen atoms in total. The Balaban J connectivity index is 1.96. The van der Waals surface area contributed by atoms with Gasteiger partial charge in [0, 0.05) is 21.9 Å². The second-order valence-corrected chi connectivity index (χ2v) is 6.96. The average Bonchev–Trinajstić information content (AvgIpc) is 2.94. The van der Waals surface area contributed by atoms with Gasteiger partial charge in [-0.2, -0.15) is 16.9 Å². The minimum atomic E-state index is -0.376. The van der Waals surface area contributed by atoms with Gasteiger partial charge in [0.1, 0.15) is 5.76 Å². The third-order valence-corrected chi connectivity index (χ3v) is 5.13. The van der Waals surface area contributed by atoms with Crippen LogP contribution in [0.15, 0.2) is 65.3 Å². The normalized spacial score (nSPS) is 15.0. The fraction of sp³-hybridized carbons (Fsp3) is 0.150. The van der Waals surface area contributed by atoms with Crippen LogP contribution in [0.4, 0.5) is 0 Å². The Bertz CT molecular complexity index is 920. The fourth-order valence-corrected chi connectivity index (χ4v) is 3.12. The Morgan fingerprint density at radius 1 is 1.08 bits per heavy atom. The van der Waals surface area contributed by atoms with E-state index in [1.807, 2.05) is 19.2 Å². The summed E-state index contributed by atoms with van der Waals surface area (Å²) in [5.74, 6) is -0.759. The predicted octanol–water partition coefficient (Wildman–Crippen LogP) is 3.69. The Morgan fingerprint density at radius 2 is 1.69 bits per heavy atom. The number of thioether (sulfide) groups is 1. The second kappa shape index (κ2) is 7.58. The molecule has 0 fully saturated rings. The van der Waals surface area contributed by atoms with Crippen molar-refractivity contribution in [3.8, 4) is 0 Å². The van der Waals surface area contributed by atoms with Crippen molar-refractivity contribution in [1.82, 2.24) is 5.43 Å².